The number of nitrogens with zero attached hydrogens (tertiary/aromatic N) is 1. The summed E-state index contributed by atoms with van der Waals surface area (Å²) < 4.78 is 5.73. The molecule has 0 amide bonds. The molecular weight excluding hydrogens is 248 g/mol. The summed E-state index contributed by atoms with van der Waals surface area (Å²) in [6.45, 7) is 9.16. The van der Waals surface area contributed by atoms with Gasteiger partial charge in [-0.2, -0.15) is 0 Å². The Hall–Kier alpha value is -1.22. The molecule has 1 saturated heterocycles. The topological polar surface area (TPSA) is 38.5 Å². The standard InChI is InChI=1S/C17H28N2O/c1-3-17(2)9-12-19(13-10-17)11-4-14-20-16-7-5-15(18)6-8-16/h5-8H,3-4,9-14,18H2,1-2H3. The number of piperidine rings is 1. The summed E-state index contributed by atoms with van der Waals surface area (Å²) in [6.07, 6.45) is 5.07. The van der Waals surface area contributed by atoms with Gasteiger partial charge >= 0.3 is 0 Å². The van der Waals surface area contributed by atoms with Crippen LogP contribution in [0.25, 0.3) is 0 Å². The monoisotopic (exact) mass is 276 g/mol. The molecule has 0 radical (unpaired) electrons. The molecule has 2 rings (SSSR count). The van der Waals surface area contributed by atoms with Crippen LogP contribution in [0, 0.1) is 5.41 Å². The number of nitrogens with two attached hydrogens (primary N) is 1. The summed E-state index contributed by atoms with van der Waals surface area (Å²) in [7, 11) is 0. The van der Waals surface area contributed by atoms with Crippen LogP contribution in [0.2, 0.25) is 0 Å². The fraction of sp³-hybridized carbons (Fsp3) is 0.647. The Morgan fingerprint density at radius 2 is 1.85 bits per heavy atom. The number of benzene rings is 1. The van der Waals surface area contributed by atoms with E-state index in [9.17, 15) is 0 Å². The molecule has 1 aliphatic rings. The molecule has 0 bridgehead atoms. The average molecular weight is 276 g/mol. The summed E-state index contributed by atoms with van der Waals surface area (Å²) in [5.74, 6) is 0.913. The third-order valence-corrected chi connectivity index (χ3v) is 4.68. The van der Waals surface area contributed by atoms with Gasteiger partial charge in [0.2, 0.25) is 0 Å². The second-order valence-corrected chi connectivity index (χ2v) is 6.28. The SMILES string of the molecule is CCC1(C)CCN(CCCOc2ccc(N)cc2)CC1. The zero-order valence-corrected chi connectivity index (χ0v) is 12.9. The summed E-state index contributed by atoms with van der Waals surface area (Å²) in [6, 6.07) is 7.63. The van der Waals surface area contributed by atoms with E-state index in [0.717, 1.165) is 31.0 Å². The summed E-state index contributed by atoms with van der Waals surface area (Å²) in [5.41, 5.74) is 7.01. The van der Waals surface area contributed by atoms with E-state index in [4.69, 9.17) is 10.5 Å². The molecule has 1 aliphatic heterocycles. The van der Waals surface area contributed by atoms with Crippen LogP contribution in [-0.4, -0.2) is 31.1 Å². The van der Waals surface area contributed by atoms with Crippen molar-refractivity contribution in [1.82, 2.24) is 4.90 Å². The van der Waals surface area contributed by atoms with Crippen LogP contribution in [0.3, 0.4) is 0 Å². The molecule has 0 spiro atoms. The largest absolute Gasteiger partial charge is 0.494 e. The Balaban J connectivity index is 1.61. The number of ether oxygens (including phenoxy) is 1. The smallest absolute Gasteiger partial charge is 0.119 e. The van der Waals surface area contributed by atoms with Crippen molar-refractivity contribution >= 4 is 5.69 Å². The fourth-order valence-corrected chi connectivity index (χ4v) is 2.71. The van der Waals surface area contributed by atoms with Crippen molar-refractivity contribution in [3.05, 3.63) is 24.3 Å². The minimum absolute atomic E-state index is 0.580. The molecule has 112 valence electrons. The lowest BCUT2D eigenvalue weighted by Crippen LogP contribution is -2.39. The molecule has 0 saturated carbocycles. The Morgan fingerprint density at radius 1 is 1.20 bits per heavy atom. The molecule has 3 nitrogen and oxygen atoms in total. The lowest BCUT2D eigenvalue weighted by atomic mass is 9.78. The van der Waals surface area contributed by atoms with Crippen LogP contribution in [0.1, 0.15) is 39.5 Å². The van der Waals surface area contributed by atoms with Crippen molar-refractivity contribution in [2.24, 2.45) is 5.41 Å². The molecule has 0 atom stereocenters. The molecule has 1 fully saturated rings. The maximum absolute atomic E-state index is 5.73. The van der Waals surface area contributed by atoms with Gasteiger partial charge in [-0.3, -0.25) is 0 Å². The zero-order chi connectivity index (χ0) is 14.4. The van der Waals surface area contributed by atoms with Gasteiger partial charge < -0.3 is 15.4 Å². The first-order valence-electron chi connectivity index (χ1n) is 7.82. The van der Waals surface area contributed by atoms with Crippen LogP contribution >= 0.6 is 0 Å². The maximum Gasteiger partial charge on any atom is 0.119 e. The van der Waals surface area contributed by atoms with Crippen LogP contribution in [0.15, 0.2) is 24.3 Å². The third-order valence-electron chi connectivity index (χ3n) is 4.68. The number of hydrogen-bond donors (Lipinski definition) is 1. The highest BCUT2D eigenvalue weighted by atomic mass is 16.5. The van der Waals surface area contributed by atoms with Crippen molar-refractivity contribution in [2.75, 3.05) is 32.0 Å². The van der Waals surface area contributed by atoms with Gasteiger partial charge in [-0.15, -0.1) is 0 Å². The van der Waals surface area contributed by atoms with E-state index >= 15 is 0 Å². The molecule has 20 heavy (non-hydrogen) atoms. The van der Waals surface area contributed by atoms with Crippen LogP contribution in [-0.2, 0) is 0 Å². The third kappa shape index (κ3) is 4.41. The second kappa shape index (κ2) is 6.98. The first kappa shape index (κ1) is 15.2. The van der Waals surface area contributed by atoms with E-state index in [2.05, 4.69) is 18.7 Å². The van der Waals surface area contributed by atoms with Gasteiger partial charge in [0.25, 0.3) is 0 Å². The van der Waals surface area contributed by atoms with Gasteiger partial charge in [0.05, 0.1) is 6.61 Å². The average Bonchev–Trinajstić information content (AvgIpc) is 2.47. The molecule has 0 unspecified atom stereocenters. The predicted octanol–water partition coefficient (Wildman–Crippen LogP) is 3.55. The highest BCUT2D eigenvalue weighted by Gasteiger charge is 2.27. The Labute approximate surface area is 123 Å². The van der Waals surface area contributed by atoms with Crippen LogP contribution in [0.5, 0.6) is 5.75 Å². The van der Waals surface area contributed by atoms with Crippen LogP contribution < -0.4 is 10.5 Å². The maximum atomic E-state index is 5.73. The molecule has 1 aromatic carbocycles. The highest BCUT2D eigenvalue weighted by Crippen LogP contribution is 2.33. The van der Waals surface area contributed by atoms with E-state index < -0.39 is 0 Å². The van der Waals surface area contributed by atoms with Crippen molar-refractivity contribution in [1.29, 1.82) is 0 Å². The highest BCUT2D eigenvalue weighted by molar-refractivity contribution is 5.41. The van der Waals surface area contributed by atoms with Crippen LogP contribution in [0.4, 0.5) is 5.69 Å². The lowest BCUT2D eigenvalue weighted by Gasteiger charge is -2.38. The number of likely N-dealkylation sites (tertiary alicyclic amines) is 1. The van der Waals surface area contributed by atoms with E-state index in [1.165, 1.54) is 32.4 Å². The predicted molar refractivity (Wildman–Crippen MR) is 85.0 cm³/mol. The van der Waals surface area contributed by atoms with Gasteiger partial charge in [0, 0.05) is 12.2 Å². The summed E-state index contributed by atoms with van der Waals surface area (Å²) >= 11 is 0. The normalized spacial score (nSPS) is 18.9. The molecule has 1 heterocycles. The number of anilines is 1. The minimum atomic E-state index is 0.580. The van der Waals surface area contributed by atoms with Gasteiger partial charge in [-0.25, -0.2) is 0 Å². The zero-order valence-electron chi connectivity index (χ0n) is 12.9. The van der Waals surface area contributed by atoms with E-state index in [-0.39, 0.29) is 0 Å². The van der Waals surface area contributed by atoms with Crippen molar-refractivity contribution in [3.63, 3.8) is 0 Å². The first-order chi connectivity index (χ1) is 9.61. The van der Waals surface area contributed by atoms with E-state index in [1.807, 2.05) is 24.3 Å². The van der Waals surface area contributed by atoms with E-state index in [1.54, 1.807) is 0 Å². The van der Waals surface area contributed by atoms with Gasteiger partial charge in [0.15, 0.2) is 0 Å². The molecule has 0 aromatic heterocycles. The van der Waals surface area contributed by atoms with Crippen molar-refractivity contribution in [2.45, 2.75) is 39.5 Å². The number of rotatable bonds is 6. The number of nitrogen functional groups attached to an aromatic ring is 1. The lowest BCUT2D eigenvalue weighted by molar-refractivity contribution is 0.109. The van der Waals surface area contributed by atoms with Gasteiger partial charge in [-0.05, 0) is 62.0 Å². The molecule has 2 N–H and O–H groups in total. The Kier molecular flexibility index (Phi) is 5.30. The van der Waals surface area contributed by atoms with Gasteiger partial charge in [-0.1, -0.05) is 20.3 Å². The molecular formula is C17H28N2O. The summed E-state index contributed by atoms with van der Waals surface area (Å²) in [4.78, 5) is 2.57. The van der Waals surface area contributed by atoms with Gasteiger partial charge in [0.1, 0.15) is 5.75 Å². The number of hydrogen-bond acceptors (Lipinski definition) is 3. The minimum Gasteiger partial charge on any atom is -0.494 e. The Bertz CT molecular complexity index is 394. The van der Waals surface area contributed by atoms with Crippen molar-refractivity contribution in [3.8, 4) is 5.75 Å². The quantitative estimate of drug-likeness (QED) is 0.638. The fourth-order valence-electron chi connectivity index (χ4n) is 2.71. The van der Waals surface area contributed by atoms with Crippen molar-refractivity contribution < 1.29 is 4.74 Å². The second-order valence-electron chi connectivity index (χ2n) is 6.28. The van der Waals surface area contributed by atoms with E-state index in [0.29, 0.717) is 5.41 Å². The first-order valence-corrected chi connectivity index (χ1v) is 7.82. The summed E-state index contributed by atoms with van der Waals surface area (Å²) in [5, 5.41) is 0. The molecule has 3 heteroatoms. The molecule has 0 aliphatic carbocycles. The molecule has 1 aromatic rings. The Morgan fingerprint density at radius 3 is 2.45 bits per heavy atom.